The number of hydrogen-bond donors (Lipinski definition) is 0. The SMILES string of the molecule is CCOC(=O)CC(CC(=O)OCC)(CC(C)C)CC(C)C. The van der Waals surface area contributed by atoms with Gasteiger partial charge in [0.15, 0.2) is 0 Å². The smallest absolute Gasteiger partial charge is 0.306 e. The first-order valence-corrected chi connectivity index (χ1v) is 8.06. The first-order chi connectivity index (χ1) is 9.74. The van der Waals surface area contributed by atoms with E-state index < -0.39 is 0 Å². The Balaban J connectivity index is 5.19. The van der Waals surface area contributed by atoms with Crippen molar-refractivity contribution in [2.45, 2.75) is 67.2 Å². The summed E-state index contributed by atoms with van der Waals surface area (Å²) in [5.41, 5.74) is -0.360. The van der Waals surface area contributed by atoms with Crippen molar-refractivity contribution in [3.63, 3.8) is 0 Å². The van der Waals surface area contributed by atoms with Crippen molar-refractivity contribution in [1.29, 1.82) is 0 Å². The van der Waals surface area contributed by atoms with Crippen molar-refractivity contribution >= 4 is 11.9 Å². The second-order valence-electron chi connectivity index (χ2n) is 6.66. The molecule has 4 nitrogen and oxygen atoms in total. The normalized spacial score (nSPS) is 11.8. The Kier molecular flexibility index (Phi) is 9.31. The van der Waals surface area contributed by atoms with Gasteiger partial charge in [0.1, 0.15) is 0 Å². The van der Waals surface area contributed by atoms with E-state index in [1.165, 1.54) is 0 Å². The Morgan fingerprint density at radius 1 is 0.810 bits per heavy atom. The summed E-state index contributed by atoms with van der Waals surface area (Å²) in [5, 5.41) is 0. The fraction of sp³-hybridized carbons (Fsp3) is 0.882. The molecule has 0 aliphatic carbocycles. The molecule has 0 amide bonds. The first kappa shape index (κ1) is 19.9. The van der Waals surface area contributed by atoms with E-state index in [-0.39, 0.29) is 30.2 Å². The molecule has 0 rings (SSSR count). The minimum Gasteiger partial charge on any atom is -0.466 e. The van der Waals surface area contributed by atoms with E-state index >= 15 is 0 Å². The second-order valence-corrected chi connectivity index (χ2v) is 6.66. The molecule has 0 aromatic rings. The molecule has 0 aromatic heterocycles. The monoisotopic (exact) mass is 300 g/mol. The van der Waals surface area contributed by atoms with Crippen LogP contribution in [0.25, 0.3) is 0 Å². The topological polar surface area (TPSA) is 52.6 Å². The van der Waals surface area contributed by atoms with Crippen molar-refractivity contribution in [3.05, 3.63) is 0 Å². The Morgan fingerprint density at radius 2 is 1.14 bits per heavy atom. The second kappa shape index (κ2) is 9.80. The van der Waals surface area contributed by atoms with E-state index in [1.54, 1.807) is 13.8 Å². The van der Waals surface area contributed by atoms with Gasteiger partial charge in [0.05, 0.1) is 26.1 Å². The highest BCUT2D eigenvalue weighted by Gasteiger charge is 2.37. The lowest BCUT2D eigenvalue weighted by atomic mass is 9.69. The van der Waals surface area contributed by atoms with Gasteiger partial charge in [-0.1, -0.05) is 27.7 Å². The van der Waals surface area contributed by atoms with Crippen LogP contribution in [0, 0.1) is 17.3 Å². The number of carbonyl (C=O) groups is 2. The lowest BCUT2D eigenvalue weighted by Crippen LogP contribution is -2.32. The van der Waals surface area contributed by atoms with E-state index in [4.69, 9.17) is 9.47 Å². The highest BCUT2D eigenvalue weighted by atomic mass is 16.5. The largest absolute Gasteiger partial charge is 0.466 e. The number of carbonyl (C=O) groups excluding carboxylic acids is 2. The minimum absolute atomic E-state index is 0.219. The van der Waals surface area contributed by atoms with Crippen LogP contribution in [0.1, 0.15) is 67.2 Å². The summed E-state index contributed by atoms with van der Waals surface area (Å²) >= 11 is 0. The van der Waals surface area contributed by atoms with E-state index in [1.807, 2.05) is 0 Å². The van der Waals surface area contributed by atoms with E-state index in [9.17, 15) is 9.59 Å². The van der Waals surface area contributed by atoms with Crippen molar-refractivity contribution in [3.8, 4) is 0 Å². The summed E-state index contributed by atoms with van der Waals surface area (Å²) in [6, 6.07) is 0. The van der Waals surface area contributed by atoms with Crippen molar-refractivity contribution in [2.24, 2.45) is 17.3 Å². The zero-order valence-electron chi connectivity index (χ0n) is 14.5. The zero-order chi connectivity index (χ0) is 16.5. The lowest BCUT2D eigenvalue weighted by molar-refractivity contribution is -0.151. The van der Waals surface area contributed by atoms with Crippen LogP contribution in [0.5, 0.6) is 0 Å². The summed E-state index contributed by atoms with van der Waals surface area (Å²) in [6.45, 7) is 12.8. The van der Waals surface area contributed by atoms with Gasteiger partial charge in [0.25, 0.3) is 0 Å². The molecule has 124 valence electrons. The van der Waals surface area contributed by atoms with Gasteiger partial charge in [-0.05, 0) is 43.9 Å². The third kappa shape index (κ3) is 8.74. The molecule has 0 radical (unpaired) electrons. The standard InChI is InChI=1S/C17H32O4/c1-7-20-15(18)11-17(9-13(3)4,10-14(5)6)12-16(19)21-8-2/h13-14H,7-12H2,1-6H3. The zero-order valence-corrected chi connectivity index (χ0v) is 14.5. The summed E-state index contributed by atoms with van der Waals surface area (Å²) in [6.07, 6.45) is 2.22. The van der Waals surface area contributed by atoms with Gasteiger partial charge in [0, 0.05) is 0 Å². The Bertz CT molecular complexity index is 289. The molecular formula is C17H32O4. The number of rotatable bonds is 10. The average molecular weight is 300 g/mol. The van der Waals surface area contributed by atoms with Gasteiger partial charge >= 0.3 is 11.9 Å². The highest BCUT2D eigenvalue weighted by molar-refractivity contribution is 5.74. The minimum atomic E-state index is -0.360. The number of esters is 2. The fourth-order valence-electron chi connectivity index (χ4n) is 3.20. The molecule has 0 spiro atoms. The van der Waals surface area contributed by atoms with Crippen LogP contribution < -0.4 is 0 Å². The molecule has 0 heterocycles. The van der Waals surface area contributed by atoms with Crippen LogP contribution in [0.15, 0.2) is 0 Å². The van der Waals surface area contributed by atoms with Crippen LogP contribution in [-0.2, 0) is 19.1 Å². The van der Waals surface area contributed by atoms with E-state index in [0.717, 1.165) is 12.8 Å². The molecule has 0 aromatic carbocycles. The lowest BCUT2D eigenvalue weighted by Gasteiger charge is -2.35. The maximum Gasteiger partial charge on any atom is 0.306 e. The Morgan fingerprint density at radius 3 is 1.38 bits per heavy atom. The van der Waals surface area contributed by atoms with E-state index in [2.05, 4.69) is 27.7 Å². The molecule has 0 saturated heterocycles. The van der Waals surface area contributed by atoms with Gasteiger partial charge in [-0.3, -0.25) is 9.59 Å². The predicted molar refractivity (Wildman–Crippen MR) is 83.8 cm³/mol. The van der Waals surface area contributed by atoms with Gasteiger partial charge in [-0.25, -0.2) is 0 Å². The quantitative estimate of drug-likeness (QED) is 0.573. The summed E-state index contributed by atoms with van der Waals surface area (Å²) in [5.74, 6) is 0.381. The molecule has 0 atom stereocenters. The Hall–Kier alpha value is -1.06. The van der Waals surface area contributed by atoms with Crippen LogP contribution in [-0.4, -0.2) is 25.2 Å². The van der Waals surface area contributed by atoms with Crippen molar-refractivity contribution in [2.75, 3.05) is 13.2 Å². The molecule has 0 saturated carbocycles. The van der Waals surface area contributed by atoms with Gasteiger partial charge in [0.2, 0.25) is 0 Å². The van der Waals surface area contributed by atoms with Crippen molar-refractivity contribution in [1.82, 2.24) is 0 Å². The number of hydrogen-bond acceptors (Lipinski definition) is 4. The van der Waals surface area contributed by atoms with Gasteiger partial charge in [-0.2, -0.15) is 0 Å². The van der Waals surface area contributed by atoms with E-state index in [0.29, 0.717) is 25.0 Å². The molecule has 0 unspecified atom stereocenters. The van der Waals surface area contributed by atoms with Gasteiger partial charge < -0.3 is 9.47 Å². The third-order valence-corrected chi connectivity index (χ3v) is 3.33. The maximum atomic E-state index is 12.0. The molecule has 4 heteroatoms. The van der Waals surface area contributed by atoms with Crippen LogP contribution in [0.3, 0.4) is 0 Å². The molecule has 0 bridgehead atoms. The molecule has 0 aliphatic heterocycles. The van der Waals surface area contributed by atoms with Crippen LogP contribution >= 0.6 is 0 Å². The molecule has 0 fully saturated rings. The third-order valence-electron chi connectivity index (χ3n) is 3.33. The Labute approximate surface area is 129 Å². The molecule has 0 aliphatic rings. The van der Waals surface area contributed by atoms with Crippen LogP contribution in [0.2, 0.25) is 0 Å². The highest BCUT2D eigenvalue weighted by Crippen LogP contribution is 2.41. The predicted octanol–water partition coefficient (Wildman–Crippen LogP) is 3.97. The molecule has 0 N–H and O–H groups in total. The molecule has 21 heavy (non-hydrogen) atoms. The number of ether oxygens (including phenoxy) is 2. The average Bonchev–Trinajstić information content (AvgIpc) is 2.26. The summed E-state index contributed by atoms with van der Waals surface area (Å²) in [7, 11) is 0. The maximum absolute atomic E-state index is 12.0. The van der Waals surface area contributed by atoms with Crippen molar-refractivity contribution < 1.29 is 19.1 Å². The van der Waals surface area contributed by atoms with Crippen LogP contribution in [0.4, 0.5) is 0 Å². The first-order valence-electron chi connectivity index (χ1n) is 8.06. The van der Waals surface area contributed by atoms with Gasteiger partial charge in [-0.15, -0.1) is 0 Å². The fourth-order valence-corrected chi connectivity index (χ4v) is 3.20. The summed E-state index contributed by atoms with van der Waals surface area (Å²) < 4.78 is 10.2. The summed E-state index contributed by atoms with van der Waals surface area (Å²) in [4.78, 5) is 24.0. The molecular weight excluding hydrogens is 268 g/mol.